The van der Waals surface area contributed by atoms with Gasteiger partial charge in [0.2, 0.25) is 21.8 Å². The molecule has 2 aliphatic carbocycles. The number of alkyl halides is 3. The zero-order valence-electron chi connectivity index (χ0n) is 33.9. The number of nitrogens with one attached hydrogen (secondary N) is 3. The molecule has 0 bridgehead atoms. The first-order valence-electron chi connectivity index (χ1n) is 20.2. The Morgan fingerprint density at radius 2 is 1.85 bits per heavy atom. The molecule has 2 saturated carbocycles. The van der Waals surface area contributed by atoms with Gasteiger partial charge in [0.05, 0.1) is 16.8 Å². The van der Waals surface area contributed by atoms with Crippen molar-refractivity contribution < 1.29 is 59.8 Å². The van der Waals surface area contributed by atoms with Crippen LogP contribution in [0.25, 0.3) is 10.9 Å². The Kier molecular flexibility index (Phi) is 11.2. The van der Waals surface area contributed by atoms with Crippen LogP contribution in [0.5, 0.6) is 11.5 Å². The number of rotatable bonds is 7. The van der Waals surface area contributed by atoms with Crippen molar-refractivity contribution in [2.45, 2.75) is 138 Å². The molecule has 4 amide bonds. The third-order valence-electron chi connectivity index (χ3n) is 12.1. The number of allylic oxidation sites excluding steroid dienone is 1. The first kappa shape index (κ1) is 43.2. The minimum Gasteiger partial charge on any atom is -0.486 e. The molecule has 19 heteroatoms. The van der Waals surface area contributed by atoms with Crippen LogP contribution >= 0.6 is 0 Å². The van der Waals surface area contributed by atoms with Gasteiger partial charge in [0.25, 0.3) is 5.91 Å². The standard InChI is InChI=1S/C41H50F3N5O10S/c1-37(2,3)59-36(54)46-29-11-9-7-5-6-8-10-24-21-40(24,35(53)48-60(55,56)38(4)16-17-38)47-33(51)30-22-39(23-49(30)34(29)52)15-14-26-27-20-25(57-19-18-50)12-13-28(27)45-32(31(26)58-39)41(42,43)44/h8,10,12-13,18,20,24,29-30H,5-7,9,11,14-17,19,21-23H2,1-4H3,(H,46,54)(H,47,51)(H,48,53). The second-order valence-corrected chi connectivity index (χ2v) is 20.0. The fourth-order valence-corrected chi connectivity index (χ4v) is 9.68. The number of benzene rings is 1. The lowest BCUT2D eigenvalue weighted by Crippen LogP contribution is -2.58. The average Bonchev–Trinajstić information content (AvgIpc) is 4.05. The molecule has 3 fully saturated rings. The average molecular weight is 862 g/mol. The van der Waals surface area contributed by atoms with Crippen LogP contribution in [0.15, 0.2) is 30.4 Å². The van der Waals surface area contributed by atoms with Crippen molar-refractivity contribution in [2.75, 3.05) is 13.2 Å². The molecule has 2 aromatic rings. The monoisotopic (exact) mass is 861 g/mol. The zero-order valence-corrected chi connectivity index (χ0v) is 34.7. The summed E-state index contributed by atoms with van der Waals surface area (Å²) >= 11 is 0. The summed E-state index contributed by atoms with van der Waals surface area (Å²) in [5, 5.41) is 5.72. The van der Waals surface area contributed by atoms with Crippen LogP contribution in [0.2, 0.25) is 0 Å². The number of amides is 4. The van der Waals surface area contributed by atoms with Crippen molar-refractivity contribution >= 4 is 51.0 Å². The van der Waals surface area contributed by atoms with E-state index in [-0.39, 0.29) is 62.1 Å². The number of hydrogen-bond acceptors (Lipinski definition) is 11. The van der Waals surface area contributed by atoms with Gasteiger partial charge in [-0.1, -0.05) is 25.0 Å². The molecule has 7 rings (SSSR count). The van der Waals surface area contributed by atoms with Gasteiger partial charge in [-0.2, -0.15) is 13.2 Å². The Labute approximate surface area is 345 Å². The van der Waals surface area contributed by atoms with Gasteiger partial charge in [0, 0.05) is 23.3 Å². The topological polar surface area (TPSA) is 199 Å². The van der Waals surface area contributed by atoms with Crippen LogP contribution < -0.4 is 24.8 Å². The van der Waals surface area contributed by atoms with Crippen LogP contribution in [-0.2, 0) is 46.5 Å². The highest BCUT2D eigenvalue weighted by molar-refractivity contribution is 7.91. The van der Waals surface area contributed by atoms with Gasteiger partial charge in [-0.3, -0.25) is 23.9 Å². The molecule has 60 heavy (non-hydrogen) atoms. The molecule has 326 valence electrons. The number of aromatic nitrogens is 1. The van der Waals surface area contributed by atoms with E-state index < -0.39 is 90.9 Å². The summed E-state index contributed by atoms with van der Waals surface area (Å²) in [4.78, 5) is 72.5. The molecule has 1 aromatic heterocycles. The van der Waals surface area contributed by atoms with Crippen molar-refractivity contribution in [1.82, 2.24) is 25.2 Å². The van der Waals surface area contributed by atoms with E-state index in [2.05, 4.69) is 20.3 Å². The highest BCUT2D eigenvalue weighted by Gasteiger charge is 2.64. The molecule has 5 unspecified atom stereocenters. The van der Waals surface area contributed by atoms with Gasteiger partial charge in [-0.05, 0) is 97.3 Å². The highest BCUT2D eigenvalue weighted by atomic mass is 32.2. The van der Waals surface area contributed by atoms with Crippen molar-refractivity contribution in [3.63, 3.8) is 0 Å². The molecule has 3 N–H and O–H groups in total. The van der Waals surface area contributed by atoms with Gasteiger partial charge >= 0.3 is 12.3 Å². The minimum atomic E-state index is -4.98. The van der Waals surface area contributed by atoms with Crippen LogP contribution in [0.3, 0.4) is 0 Å². The van der Waals surface area contributed by atoms with E-state index in [4.69, 9.17) is 14.2 Å². The van der Waals surface area contributed by atoms with Crippen LogP contribution in [0.1, 0.15) is 103 Å². The van der Waals surface area contributed by atoms with Gasteiger partial charge < -0.3 is 29.7 Å². The molecular formula is C41H50F3N5O10S. The highest BCUT2D eigenvalue weighted by Crippen LogP contribution is 2.50. The quantitative estimate of drug-likeness (QED) is 0.256. The number of sulfonamides is 1. The summed E-state index contributed by atoms with van der Waals surface area (Å²) in [5.74, 6) is -3.41. The molecule has 1 spiro atoms. The second-order valence-electron chi connectivity index (χ2n) is 17.8. The smallest absolute Gasteiger partial charge is 0.437 e. The maximum atomic E-state index is 14.8. The lowest BCUT2D eigenvalue weighted by molar-refractivity contribution is -0.144. The normalized spacial score (nSPS) is 27.9. The Bertz CT molecular complexity index is 2240. The first-order valence-corrected chi connectivity index (χ1v) is 21.7. The maximum Gasteiger partial charge on any atom is 0.437 e. The van der Waals surface area contributed by atoms with E-state index in [1.165, 1.54) is 30.0 Å². The Morgan fingerprint density at radius 1 is 1.10 bits per heavy atom. The summed E-state index contributed by atoms with van der Waals surface area (Å²) in [5.41, 5.74) is -5.30. The van der Waals surface area contributed by atoms with E-state index in [0.717, 1.165) is 0 Å². The van der Waals surface area contributed by atoms with Crippen molar-refractivity contribution in [1.29, 1.82) is 0 Å². The number of aldehydes is 1. The van der Waals surface area contributed by atoms with Gasteiger partial charge in [0.15, 0.2) is 17.7 Å². The summed E-state index contributed by atoms with van der Waals surface area (Å²) in [6.07, 6.45) is 1.39. The van der Waals surface area contributed by atoms with E-state index >= 15 is 0 Å². The molecule has 1 saturated heterocycles. The molecule has 0 radical (unpaired) electrons. The predicted molar refractivity (Wildman–Crippen MR) is 209 cm³/mol. The molecule has 15 nitrogen and oxygen atoms in total. The molecule has 5 atom stereocenters. The van der Waals surface area contributed by atoms with E-state index in [0.29, 0.717) is 50.2 Å². The van der Waals surface area contributed by atoms with Crippen LogP contribution in [0.4, 0.5) is 18.0 Å². The number of alkyl carbamates (subject to hydrolysis) is 1. The Balaban J connectivity index is 1.27. The number of nitrogens with zero attached hydrogens (tertiary/aromatic N) is 2. The SMILES string of the molecule is CC(C)(C)OC(=O)NC1CCCCCC=CC2CC2(C(=O)NS(=O)(=O)C2(C)CC2)NC(=O)C2CC3(CCc4c(c(C(F)(F)F)nc5ccc(OCC=O)cc45)O3)CN2C1=O. The number of pyridine rings is 1. The summed E-state index contributed by atoms with van der Waals surface area (Å²) in [7, 11) is -4.11. The van der Waals surface area contributed by atoms with Gasteiger partial charge in [-0.15, -0.1) is 0 Å². The van der Waals surface area contributed by atoms with Crippen molar-refractivity contribution in [3.05, 3.63) is 41.6 Å². The lowest BCUT2D eigenvalue weighted by atomic mass is 9.87. The third-order valence-corrected chi connectivity index (χ3v) is 14.2. The number of halogens is 3. The molecular weight excluding hydrogens is 812 g/mol. The molecule has 5 aliphatic rings. The van der Waals surface area contributed by atoms with E-state index in [9.17, 15) is 45.6 Å². The maximum absolute atomic E-state index is 14.8. The Morgan fingerprint density at radius 3 is 2.53 bits per heavy atom. The van der Waals surface area contributed by atoms with Crippen LogP contribution in [-0.4, -0.2) is 95.1 Å². The number of carbonyl (C=O) groups is 5. The largest absolute Gasteiger partial charge is 0.486 e. The fraction of sp³-hybridized carbons (Fsp3) is 0.610. The van der Waals surface area contributed by atoms with Crippen molar-refractivity contribution in [3.8, 4) is 11.5 Å². The summed E-state index contributed by atoms with van der Waals surface area (Å²) < 4.78 is 89.1. The third kappa shape index (κ3) is 8.63. The van der Waals surface area contributed by atoms with Crippen LogP contribution in [0, 0.1) is 5.92 Å². The fourth-order valence-electron chi connectivity index (χ4n) is 8.37. The summed E-state index contributed by atoms with van der Waals surface area (Å²) in [6.45, 7) is 5.83. The number of hydrogen-bond donors (Lipinski definition) is 3. The number of fused-ring (bicyclic) bond motifs is 5. The first-order chi connectivity index (χ1) is 28.1. The number of ether oxygens (including phenoxy) is 3. The number of carbonyl (C=O) groups excluding carboxylic acids is 5. The second kappa shape index (κ2) is 15.5. The molecule has 1 aromatic carbocycles. The van der Waals surface area contributed by atoms with E-state index in [1.807, 2.05) is 6.08 Å². The summed E-state index contributed by atoms with van der Waals surface area (Å²) in [6, 6.07) is 1.60. The van der Waals surface area contributed by atoms with E-state index in [1.54, 1.807) is 26.8 Å². The lowest BCUT2D eigenvalue weighted by Gasteiger charge is -2.37. The molecule has 4 heterocycles. The zero-order chi connectivity index (χ0) is 43.5. The predicted octanol–water partition coefficient (Wildman–Crippen LogP) is 4.78. The van der Waals surface area contributed by atoms with Gasteiger partial charge in [0.1, 0.15) is 41.2 Å². The molecule has 3 aliphatic heterocycles. The Hall–Kier alpha value is -4.94. The minimum absolute atomic E-state index is 0.000360. The van der Waals surface area contributed by atoms with Crippen molar-refractivity contribution in [2.24, 2.45) is 5.92 Å². The number of aryl methyl sites for hydroxylation is 1. The van der Waals surface area contributed by atoms with Gasteiger partial charge in [-0.25, -0.2) is 18.2 Å².